The Hall–Kier alpha value is -0.730. The highest BCUT2D eigenvalue weighted by Gasteiger charge is 2.16. The Morgan fingerprint density at radius 1 is 1.21 bits per heavy atom. The molecule has 2 N–H and O–H groups in total. The van der Waals surface area contributed by atoms with Crippen molar-refractivity contribution in [3.63, 3.8) is 0 Å². The molecule has 0 aliphatic carbocycles. The second-order valence-electron chi connectivity index (χ2n) is 5.88. The molecule has 1 aromatic rings. The topological polar surface area (TPSA) is 35.2 Å². The number of ether oxygens (including phenoxy) is 1. The molecule has 0 aliphatic heterocycles. The van der Waals surface area contributed by atoms with E-state index in [4.69, 9.17) is 10.5 Å². The van der Waals surface area contributed by atoms with Gasteiger partial charge >= 0.3 is 0 Å². The largest absolute Gasteiger partial charge is 0.494 e. The number of hydrogen-bond donors (Lipinski definition) is 1. The molecular formula is C16H28ClNO. The minimum atomic E-state index is 0. The van der Waals surface area contributed by atoms with E-state index in [1.807, 2.05) is 6.92 Å². The molecular weight excluding hydrogens is 258 g/mol. The van der Waals surface area contributed by atoms with Crippen LogP contribution in [0.1, 0.15) is 52.2 Å². The third-order valence-electron chi connectivity index (χ3n) is 3.23. The van der Waals surface area contributed by atoms with Crippen molar-refractivity contribution in [2.75, 3.05) is 6.61 Å². The molecule has 0 aromatic heterocycles. The molecule has 19 heavy (non-hydrogen) atoms. The van der Waals surface area contributed by atoms with E-state index in [1.54, 1.807) is 0 Å². The number of halogens is 1. The van der Waals surface area contributed by atoms with Crippen LogP contribution in [0.3, 0.4) is 0 Å². The summed E-state index contributed by atoms with van der Waals surface area (Å²) in [6.07, 6.45) is 1.88. The van der Waals surface area contributed by atoms with Gasteiger partial charge in [0.05, 0.1) is 6.61 Å². The van der Waals surface area contributed by atoms with E-state index in [1.165, 1.54) is 11.1 Å². The van der Waals surface area contributed by atoms with Crippen LogP contribution in [-0.2, 0) is 11.8 Å². The maximum Gasteiger partial charge on any atom is 0.122 e. The summed E-state index contributed by atoms with van der Waals surface area (Å²) < 4.78 is 5.69. The first-order valence-electron chi connectivity index (χ1n) is 6.90. The van der Waals surface area contributed by atoms with Crippen molar-refractivity contribution in [3.05, 3.63) is 29.3 Å². The monoisotopic (exact) mass is 285 g/mol. The highest BCUT2D eigenvalue weighted by atomic mass is 35.5. The predicted octanol–water partition coefficient (Wildman–Crippen LogP) is 4.08. The van der Waals surface area contributed by atoms with Gasteiger partial charge in [0.1, 0.15) is 5.75 Å². The van der Waals surface area contributed by atoms with Gasteiger partial charge in [-0.1, -0.05) is 39.8 Å². The minimum absolute atomic E-state index is 0. The smallest absolute Gasteiger partial charge is 0.122 e. The first-order valence-corrected chi connectivity index (χ1v) is 6.90. The lowest BCUT2D eigenvalue weighted by atomic mass is 9.85. The molecule has 110 valence electrons. The van der Waals surface area contributed by atoms with Gasteiger partial charge in [-0.05, 0) is 42.4 Å². The minimum Gasteiger partial charge on any atom is -0.494 e. The van der Waals surface area contributed by atoms with E-state index in [0.717, 1.165) is 18.6 Å². The molecule has 2 nitrogen and oxygen atoms in total. The predicted molar refractivity (Wildman–Crippen MR) is 85.5 cm³/mol. The van der Waals surface area contributed by atoms with Crippen LogP contribution >= 0.6 is 12.4 Å². The Morgan fingerprint density at radius 3 is 2.32 bits per heavy atom. The van der Waals surface area contributed by atoms with Crippen molar-refractivity contribution in [1.82, 2.24) is 0 Å². The Morgan fingerprint density at radius 2 is 1.84 bits per heavy atom. The fourth-order valence-corrected chi connectivity index (χ4v) is 1.93. The molecule has 3 heteroatoms. The van der Waals surface area contributed by atoms with E-state index in [-0.39, 0.29) is 23.9 Å². The van der Waals surface area contributed by atoms with E-state index >= 15 is 0 Å². The molecule has 1 rings (SSSR count). The highest BCUT2D eigenvalue weighted by Crippen LogP contribution is 2.29. The Kier molecular flexibility index (Phi) is 7.46. The van der Waals surface area contributed by atoms with Gasteiger partial charge in [0.25, 0.3) is 0 Å². The molecule has 0 spiro atoms. The second kappa shape index (κ2) is 7.76. The van der Waals surface area contributed by atoms with Crippen molar-refractivity contribution in [1.29, 1.82) is 0 Å². The van der Waals surface area contributed by atoms with E-state index in [0.29, 0.717) is 6.61 Å². The fraction of sp³-hybridized carbons (Fsp3) is 0.625. The maximum atomic E-state index is 6.07. The van der Waals surface area contributed by atoms with E-state index in [2.05, 4.69) is 45.9 Å². The van der Waals surface area contributed by atoms with Crippen molar-refractivity contribution < 1.29 is 4.74 Å². The van der Waals surface area contributed by atoms with Crippen LogP contribution in [0.5, 0.6) is 5.75 Å². The van der Waals surface area contributed by atoms with Gasteiger partial charge in [-0.2, -0.15) is 0 Å². The average Bonchev–Trinajstić information content (AvgIpc) is 2.30. The molecule has 0 fully saturated rings. The number of rotatable bonds is 5. The molecule has 0 saturated heterocycles. The lowest BCUT2D eigenvalue weighted by Crippen LogP contribution is -2.22. The van der Waals surface area contributed by atoms with Crippen LogP contribution in [0, 0.1) is 0 Å². The third-order valence-corrected chi connectivity index (χ3v) is 3.23. The molecule has 0 heterocycles. The van der Waals surface area contributed by atoms with Crippen LogP contribution in [0.25, 0.3) is 0 Å². The first-order chi connectivity index (χ1) is 8.38. The van der Waals surface area contributed by atoms with Crippen LogP contribution in [0.15, 0.2) is 18.2 Å². The van der Waals surface area contributed by atoms with Crippen molar-refractivity contribution in [3.8, 4) is 5.75 Å². The quantitative estimate of drug-likeness (QED) is 0.884. The summed E-state index contributed by atoms with van der Waals surface area (Å²) in [5, 5.41) is 0. The number of hydrogen-bond acceptors (Lipinski definition) is 2. The lowest BCUT2D eigenvalue weighted by molar-refractivity contribution is 0.335. The summed E-state index contributed by atoms with van der Waals surface area (Å²) in [6, 6.07) is 6.70. The fourth-order valence-electron chi connectivity index (χ4n) is 1.93. The average molecular weight is 286 g/mol. The van der Waals surface area contributed by atoms with Crippen molar-refractivity contribution in [2.24, 2.45) is 5.73 Å². The summed E-state index contributed by atoms with van der Waals surface area (Å²) in [4.78, 5) is 0. The van der Waals surface area contributed by atoms with Gasteiger partial charge in [-0.15, -0.1) is 12.4 Å². The zero-order valence-electron chi connectivity index (χ0n) is 12.8. The van der Waals surface area contributed by atoms with Gasteiger partial charge in [0, 0.05) is 6.04 Å². The van der Waals surface area contributed by atoms with Gasteiger partial charge in [0.15, 0.2) is 0 Å². The number of benzene rings is 1. The van der Waals surface area contributed by atoms with Crippen molar-refractivity contribution >= 4 is 12.4 Å². The molecule has 0 bridgehead atoms. The van der Waals surface area contributed by atoms with Crippen LogP contribution < -0.4 is 10.5 Å². The summed E-state index contributed by atoms with van der Waals surface area (Å²) in [6.45, 7) is 11.5. The van der Waals surface area contributed by atoms with E-state index < -0.39 is 0 Å². The summed E-state index contributed by atoms with van der Waals surface area (Å²) in [7, 11) is 0. The SMILES string of the molecule is CCOc1ccc(C(C)(C)C)cc1CC(N)CC.Cl. The standard InChI is InChI=1S/C16H27NO.ClH/c1-6-14(17)11-12-10-13(16(3,4)5)8-9-15(12)18-7-2;/h8-10,14H,6-7,11,17H2,1-5H3;1H. The second-order valence-corrected chi connectivity index (χ2v) is 5.88. The summed E-state index contributed by atoms with van der Waals surface area (Å²) >= 11 is 0. The summed E-state index contributed by atoms with van der Waals surface area (Å²) in [5.41, 5.74) is 8.81. The third kappa shape index (κ3) is 5.42. The lowest BCUT2D eigenvalue weighted by Gasteiger charge is -2.22. The van der Waals surface area contributed by atoms with Gasteiger partial charge in [-0.25, -0.2) is 0 Å². The summed E-state index contributed by atoms with van der Waals surface area (Å²) in [5.74, 6) is 0.981. The molecule has 0 amide bonds. The van der Waals surface area contributed by atoms with Crippen LogP contribution in [-0.4, -0.2) is 12.6 Å². The molecule has 0 saturated carbocycles. The van der Waals surface area contributed by atoms with Gasteiger partial charge < -0.3 is 10.5 Å². The molecule has 1 unspecified atom stereocenters. The number of nitrogens with two attached hydrogens (primary N) is 1. The Labute approximate surface area is 124 Å². The van der Waals surface area contributed by atoms with Gasteiger partial charge in [0.2, 0.25) is 0 Å². The Balaban J connectivity index is 0.00000324. The normalized spacial score (nSPS) is 12.7. The Bertz CT molecular complexity index is 385. The zero-order valence-corrected chi connectivity index (χ0v) is 13.6. The van der Waals surface area contributed by atoms with Crippen molar-refractivity contribution in [2.45, 2.75) is 58.9 Å². The molecule has 0 aliphatic rings. The highest BCUT2D eigenvalue weighted by molar-refractivity contribution is 5.85. The van der Waals surface area contributed by atoms with Gasteiger partial charge in [-0.3, -0.25) is 0 Å². The molecule has 0 radical (unpaired) electrons. The first kappa shape index (κ1) is 18.3. The van der Waals surface area contributed by atoms with Crippen LogP contribution in [0.2, 0.25) is 0 Å². The molecule has 1 aromatic carbocycles. The zero-order chi connectivity index (χ0) is 13.8. The van der Waals surface area contributed by atoms with Crippen LogP contribution in [0.4, 0.5) is 0 Å². The molecule has 1 atom stereocenters. The van der Waals surface area contributed by atoms with E-state index in [9.17, 15) is 0 Å². The maximum absolute atomic E-state index is 6.07.